The second-order valence-corrected chi connectivity index (χ2v) is 5.73. The summed E-state index contributed by atoms with van der Waals surface area (Å²) in [6, 6.07) is 10.0. The van der Waals surface area contributed by atoms with Gasteiger partial charge in [0.1, 0.15) is 11.5 Å². The third kappa shape index (κ3) is 3.91. The van der Waals surface area contributed by atoms with E-state index in [1.807, 2.05) is 0 Å². The average Bonchev–Trinajstić information content (AvgIpc) is 2.42. The topological polar surface area (TPSA) is 65.2 Å². The predicted molar refractivity (Wildman–Crippen MR) is 86.8 cm³/mol. The maximum atomic E-state index is 9.62. The van der Waals surface area contributed by atoms with Crippen LogP contribution >= 0.6 is 31.9 Å². The normalized spacial score (nSPS) is 11.5. The van der Waals surface area contributed by atoms with Gasteiger partial charge in [-0.05, 0) is 36.4 Å². The molecule has 0 spiro atoms. The van der Waals surface area contributed by atoms with Crippen LogP contribution in [0.4, 0.5) is 0 Å². The zero-order valence-corrected chi connectivity index (χ0v) is 13.3. The summed E-state index contributed by atoms with van der Waals surface area (Å²) in [6.45, 7) is 0. The van der Waals surface area contributed by atoms with Gasteiger partial charge in [-0.25, -0.2) is 0 Å². The lowest BCUT2D eigenvalue weighted by Crippen LogP contribution is -1.84. The Hall–Kier alpha value is -1.66. The molecular formula is C14H10Br2N2O2. The van der Waals surface area contributed by atoms with Gasteiger partial charge in [0.05, 0.1) is 12.4 Å². The summed E-state index contributed by atoms with van der Waals surface area (Å²) >= 11 is 6.62. The van der Waals surface area contributed by atoms with E-state index in [-0.39, 0.29) is 11.5 Å². The number of nitrogens with zero attached hydrogens (tertiary/aromatic N) is 2. The Kier molecular flexibility index (Phi) is 4.92. The summed E-state index contributed by atoms with van der Waals surface area (Å²) in [7, 11) is 0. The van der Waals surface area contributed by atoms with Gasteiger partial charge in [0.2, 0.25) is 0 Å². The van der Waals surface area contributed by atoms with Crippen LogP contribution in [0.15, 0.2) is 55.5 Å². The molecule has 0 aromatic heterocycles. The van der Waals surface area contributed by atoms with Crippen LogP contribution < -0.4 is 0 Å². The molecule has 2 N–H and O–H groups in total. The van der Waals surface area contributed by atoms with Crippen molar-refractivity contribution in [3.05, 3.63) is 56.5 Å². The maximum absolute atomic E-state index is 9.62. The number of aromatic hydroxyl groups is 2. The van der Waals surface area contributed by atoms with Crippen LogP contribution in [0.2, 0.25) is 0 Å². The van der Waals surface area contributed by atoms with Crippen LogP contribution in [0.5, 0.6) is 11.5 Å². The molecule has 0 saturated heterocycles. The molecule has 6 heteroatoms. The van der Waals surface area contributed by atoms with Gasteiger partial charge in [0, 0.05) is 20.1 Å². The van der Waals surface area contributed by atoms with E-state index in [0.717, 1.165) is 8.95 Å². The lowest BCUT2D eigenvalue weighted by molar-refractivity contribution is 0.473. The minimum atomic E-state index is 0.123. The van der Waals surface area contributed by atoms with Gasteiger partial charge in [-0.1, -0.05) is 31.9 Å². The third-order valence-corrected chi connectivity index (χ3v) is 3.43. The Balaban J connectivity index is 2.15. The summed E-state index contributed by atoms with van der Waals surface area (Å²) in [5, 5.41) is 26.9. The van der Waals surface area contributed by atoms with Crippen molar-refractivity contribution in [2.45, 2.75) is 0 Å². The molecule has 0 heterocycles. The molecule has 2 aromatic rings. The highest BCUT2D eigenvalue weighted by Crippen LogP contribution is 2.21. The second-order valence-electron chi connectivity index (χ2n) is 3.90. The van der Waals surface area contributed by atoms with Crippen LogP contribution in [0.3, 0.4) is 0 Å². The van der Waals surface area contributed by atoms with E-state index in [1.54, 1.807) is 36.4 Å². The van der Waals surface area contributed by atoms with Crippen molar-refractivity contribution in [3.8, 4) is 11.5 Å². The molecule has 0 unspecified atom stereocenters. The Labute approximate surface area is 132 Å². The Bertz CT molecular complexity index is 625. The Morgan fingerprint density at radius 3 is 1.55 bits per heavy atom. The molecule has 0 saturated carbocycles. The van der Waals surface area contributed by atoms with Crippen molar-refractivity contribution < 1.29 is 10.2 Å². The number of phenolic OH excluding ortho intramolecular Hbond substituents is 2. The third-order valence-electron chi connectivity index (χ3n) is 2.44. The molecule has 0 aliphatic heterocycles. The van der Waals surface area contributed by atoms with Crippen LogP contribution in [-0.2, 0) is 0 Å². The fraction of sp³-hybridized carbons (Fsp3) is 0. The number of benzene rings is 2. The summed E-state index contributed by atoms with van der Waals surface area (Å²) in [6.07, 6.45) is 2.87. The first-order chi connectivity index (χ1) is 9.56. The Morgan fingerprint density at radius 2 is 1.15 bits per heavy atom. The monoisotopic (exact) mass is 396 g/mol. The van der Waals surface area contributed by atoms with Gasteiger partial charge in [-0.2, -0.15) is 10.2 Å². The second kappa shape index (κ2) is 6.67. The zero-order valence-electron chi connectivity index (χ0n) is 10.2. The maximum Gasteiger partial charge on any atom is 0.124 e. The molecule has 20 heavy (non-hydrogen) atoms. The summed E-state index contributed by atoms with van der Waals surface area (Å²) in [5.41, 5.74) is 1.10. The highest BCUT2D eigenvalue weighted by Gasteiger charge is 1.99. The molecular weight excluding hydrogens is 388 g/mol. The first-order valence-electron chi connectivity index (χ1n) is 5.59. The van der Waals surface area contributed by atoms with Crippen LogP contribution in [-0.4, -0.2) is 22.6 Å². The molecule has 4 nitrogen and oxygen atoms in total. The van der Waals surface area contributed by atoms with Crippen molar-refractivity contribution in [1.29, 1.82) is 0 Å². The Morgan fingerprint density at radius 1 is 0.750 bits per heavy atom. The first kappa shape index (κ1) is 14.7. The molecule has 0 aliphatic rings. The predicted octanol–water partition coefficient (Wildman–Crippen LogP) is 4.08. The van der Waals surface area contributed by atoms with Crippen molar-refractivity contribution >= 4 is 44.3 Å². The number of halogens is 2. The van der Waals surface area contributed by atoms with E-state index in [9.17, 15) is 10.2 Å². The van der Waals surface area contributed by atoms with Gasteiger partial charge in [-0.15, -0.1) is 0 Å². The summed E-state index contributed by atoms with van der Waals surface area (Å²) < 4.78 is 1.68. The van der Waals surface area contributed by atoms with Gasteiger partial charge in [-0.3, -0.25) is 0 Å². The minimum Gasteiger partial charge on any atom is -0.507 e. The van der Waals surface area contributed by atoms with Gasteiger partial charge >= 0.3 is 0 Å². The fourth-order valence-electron chi connectivity index (χ4n) is 1.45. The molecule has 0 bridgehead atoms. The van der Waals surface area contributed by atoms with E-state index < -0.39 is 0 Å². The largest absolute Gasteiger partial charge is 0.507 e. The summed E-state index contributed by atoms with van der Waals surface area (Å²) in [5.74, 6) is 0.245. The lowest BCUT2D eigenvalue weighted by atomic mass is 10.2. The van der Waals surface area contributed by atoms with E-state index in [2.05, 4.69) is 42.1 Å². The SMILES string of the molecule is Oc1ccc(Br)cc1/C=N/N=C/c1cc(Br)ccc1O. The van der Waals surface area contributed by atoms with Crippen molar-refractivity contribution in [1.82, 2.24) is 0 Å². The van der Waals surface area contributed by atoms with Gasteiger partial charge < -0.3 is 10.2 Å². The van der Waals surface area contributed by atoms with E-state index in [0.29, 0.717) is 11.1 Å². The number of phenols is 2. The zero-order chi connectivity index (χ0) is 14.5. The average molecular weight is 398 g/mol. The molecule has 0 fully saturated rings. The highest BCUT2D eigenvalue weighted by molar-refractivity contribution is 9.10. The summed E-state index contributed by atoms with van der Waals surface area (Å²) in [4.78, 5) is 0. The van der Waals surface area contributed by atoms with Crippen molar-refractivity contribution in [3.63, 3.8) is 0 Å². The lowest BCUT2D eigenvalue weighted by Gasteiger charge is -1.98. The van der Waals surface area contributed by atoms with E-state index in [4.69, 9.17) is 0 Å². The fourth-order valence-corrected chi connectivity index (χ4v) is 2.21. The van der Waals surface area contributed by atoms with Gasteiger partial charge in [0.25, 0.3) is 0 Å². The van der Waals surface area contributed by atoms with Crippen LogP contribution in [0, 0.1) is 0 Å². The number of hydrogen-bond donors (Lipinski definition) is 2. The van der Waals surface area contributed by atoms with Crippen molar-refractivity contribution in [2.24, 2.45) is 10.2 Å². The minimum absolute atomic E-state index is 0.123. The molecule has 0 radical (unpaired) electrons. The molecule has 102 valence electrons. The van der Waals surface area contributed by atoms with Crippen molar-refractivity contribution in [2.75, 3.05) is 0 Å². The quantitative estimate of drug-likeness (QED) is 0.605. The molecule has 0 aliphatic carbocycles. The first-order valence-corrected chi connectivity index (χ1v) is 7.18. The van der Waals surface area contributed by atoms with Gasteiger partial charge in [0.15, 0.2) is 0 Å². The smallest absolute Gasteiger partial charge is 0.124 e. The highest BCUT2D eigenvalue weighted by atomic mass is 79.9. The van der Waals surface area contributed by atoms with Crippen LogP contribution in [0.1, 0.15) is 11.1 Å². The van der Waals surface area contributed by atoms with E-state index >= 15 is 0 Å². The van der Waals surface area contributed by atoms with Crippen LogP contribution in [0.25, 0.3) is 0 Å². The molecule has 2 rings (SSSR count). The molecule has 0 amide bonds. The number of hydrogen-bond acceptors (Lipinski definition) is 4. The molecule has 0 atom stereocenters. The number of rotatable bonds is 3. The standard InChI is InChI=1S/C14H10Br2N2O2/c15-11-1-3-13(19)9(5-11)7-17-18-8-10-6-12(16)2-4-14(10)20/h1-8,19-20H/b17-7+,18-8+. The molecule has 2 aromatic carbocycles. The van der Waals surface area contributed by atoms with E-state index in [1.165, 1.54) is 12.4 Å².